The number of carbonyl (C=O) groups excluding carboxylic acids is 3. The molecule has 0 spiro atoms. The van der Waals surface area contributed by atoms with E-state index in [1.54, 1.807) is 0 Å². The number of nitrogens with one attached hydrogen (secondary N) is 3. The molecule has 3 amide bonds. The number of ether oxygens (including phenoxy) is 8. The number of hydrogen-bond acceptors (Lipinski definition) is 30. The third-order valence-corrected chi connectivity index (χ3v) is 12.8. The second-order valence-electron chi connectivity index (χ2n) is 17.9. The highest BCUT2D eigenvalue weighted by Gasteiger charge is 2.60. The van der Waals surface area contributed by atoms with Crippen molar-refractivity contribution in [1.82, 2.24) is 16.0 Å². The van der Waals surface area contributed by atoms with Gasteiger partial charge >= 0.3 is 16.4 Å². The van der Waals surface area contributed by atoms with Gasteiger partial charge in [0.2, 0.25) is 17.7 Å². The summed E-state index contributed by atoms with van der Waals surface area (Å²) >= 11 is 0. The fourth-order valence-electron chi connectivity index (χ4n) is 8.59. The number of carboxylic acid groups (broad SMARTS) is 1. The second-order valence-corrected chi connectivity index (χ2v) is 19.0. The first kappa shape index (κ1) is 64.4. The molecule has 0 unspecified atom stereocenters. The molecule has 0 aliphatic carbocycles. The fourth-order valence-corrected chi connectivity index (χ4v) is 8.89. The van der Waals surface area contributed by atoms with Crippen LogP contribution in [0.25, 0.3) is 0 Å². The minimum Gasteiger partial charge on any atom is -0.477 e. The highest BCUT2D eigenvalue weighted by Crippen LogP contribution is 2.38. The van der Waals surface area contributed by atoms with E-state index in [4.69, 9.17) is 37.9 Å². The molecule has 4 saturated heterocycles. The van der Waals surface area contributed by atoms with Crippen molar-refractivity contribution in [2.24, 2.45) is 0 Å². The Morgan fingerprint density at radius 2 is 1.27 bits per heavy atom. The smallest absolute Gasteiger partial charge is 0.397 e. The first-order valence-electron chi connectivity index (χ1n) is 22.8. The van der Waals surface area contributed by atoms with Crippen molar-refractivity contribution in [2.45, 2.75) is 180 Å². The lowest BCUT2D eigenvalue weighted by atomic mass is 9.88. The van der Waals surface area contributed by atoms with Crippen molar-refractivity contribution < 1.29 is 156 Å². The van der Waals surface area contributed by atoms with Crippen LogP contribution < -0.4 is 16.0 Å². The number of hydrogen-bond donors (Lipinski definition) is 20. The van der Waals surface area contributed by atoms with Crippen LogP contribution in [-0.2, 0) is 71.7 Å². The highest BCUT2D eigenvalue weighted by atomic mass is 32.3. The molecule has 20 N–H and O–H groups in total. The molecule has 0 aromatic heterocycles. The summed E-state index contributed by atoms with van der Waals surface area (Å²) in [4.78, 5) is 49.8. The topological polar surface area (TPSA) is 565 Å². The molecule has 4 rings (SSSR count). The zero-order valence-electron chi connectivity index (χ0n) is 39.9. The first-order chi connectivity index (χ1) is 34.9. The van der Waals surface area contributed by atoms with Crippen LogP contribution in [0, 0.1) is 0 Å². The van der Waals surface area contributed by atoms with E-state index in [0.29, 0.717) is 0 Å². The van der Waals surface area contributed by atoms with Gasteiger partial charge in [-0.2, -0.15) is 8.42 Å². The van der Waals surface area contributed by atoms with Crippen LogP contribution in [0.5, 0.6) is 0 Å². The average molecular weight is 1120 g/mol. The summed E-state index contributed by atoms with van der Waals surface area (Å²) in [5, 5.41) is 178. The van der Waals surface area contributed by atoms with E-state index in [9.17, 15) is 114 Å². The Kier molecular flexibility index (Phi) is 23.7. The standard InChI is InChI=1S/C39H67N3O32S/c1-11(47)40-14(5-43)31(24(54)17(52)9-66-35-22(42-13(3)49)27(57)32(19(8-46)69-35)72-36-29(59)28(58)25(55)18(7-45)68-36)71-37-30(60)34(26(56)20(70-37)10-67-75(63,64)65)74-39(38(61)62)4-15(50)21(41-12(2)48)33(73-39)23(53)16(51)6-44/h14-37,43-46,50-60H,4-10H2,1-3H3,(H,40,47)(H,41,48)(H,42,49)(H,61,62)(H,63,64,65)/t14-,15-,16+,17+,18+,19+,20+,21+,22+,23+,24-,25-,26-,27+,28-,29+,30+,31+,32+,33+,34-,35+,36-,37-,39-/m0/s1. The molecule has 0 aromatic carbocycles. The Balaban J connectivity index is 1.67. The van der Waals surface area contributed by atoms with Crippen molar-refractivity contribution in [1.29, 1.82) is 0 Å². The zero-order chi connectivity index (χ0) is 56.6. The maximum Gasteiger partial charge on any atom is 0.397 e. The molecule has 25 atom stereocenters. The predicted molar refractivity (Wildman–Crippen MR) is 231 cm³/mol. The van der Waals surface area contributed by atoms with Crippen molar-refractivity contribution in [3.05, 3.63) is 0 Å². The molecule has 35 nitrogen and oxygen atoms in total. The van der Waals surface area contributed by atoms with Gasteiger partial charge in [-0.3, -0.25) is 18.9 Å². The Morgan fingerprint density at radius 1 is 0.680 bits per heavy atom. The molecule has 75 heavy (non-hydrogen) atoms. The lowest BCUT2D eigenvalue weighted by Gasteiger charge is -2.50. The van der Waals surface area contributed by atoms with Crippen molar-refractivity contribution >= 4 is 34.1 Å². The van der Waals surface area contributed by atoms with Gasteiger partial charge < -0.3 is 136 Å². The number of amides is 3. The monoisotopic (exact) mass is 1120 g/mol. The van der Waals surface area contributed by atoms with Gasteiger partial charge in [-0.05, 0) is 0 Å². The van der Waals surface area contributed by atoms with Crippen molar-refractivity contribution in [3.63, 3.8) is 0 Å². The molecular weight excluding hydrogens is 1050 g/mol. The van der Waals surface area contributed by atoms with Gasteiger partial charge in [0.05, 0.1) is 57.8 Å². The zero-order valence-corrected chi connectivity index (χ0v) is 40.8. The minimum absolute atomic E-state index is 0.855. The SMILES string of the molecule is CC(=O)N[C@H]1[C@H](OC[C@@H](O)[C@H](O)[C@H](O[C@@H]2O[C@H](COS(=O)(=O)O)[C@H](O)[C@H](O[C@]3(C(=O)O)C[C@H](O)[C@@H](NC(C)=O)[C@H]([C@H](O)[C@H](O)CO)O3)[C@H]2O)[C@H](CO)NC(C)=O)O[C@H](CO)[C@@H](O[C@@H]2O[C@H](CO)[C@H](O)[C@H](O)[C@H]2O)[C@@H]1O. The van der Waals surface area contributed by atoms with Gasteiger partial charge in [-0.1, -0.05) is 0 Å². The van der Waals surface area contributed by atoms with Gasteiger partial charge in [-0.25, -0.2) is 8.98 Å². The van der Waals surface area contributed by atoms with Crippen LogP contribution in [0.2, 0.25) is 0 Å². The Bertz CT molecular complexity index is 1980. The Labute approximate surface area is 424 Å². The summed E-state index contributed by atoms with van der Waals surface area (Å²) in [7, 11) is -5.40. The van der Waals surface area contributed by atoms with Gasteiger partial charge in [0.15, 0.2) is 18.9 Å². The number of aliphatic hydroxyl groups excluding tert-OH is 15. The van der Waals surface area contributed by atoms with E-state index < -0.39 is 233 Å². The summed E-state index contributed by atoms with van der Waals surface area (Å²) in [6, 6.07) is -5.34. The first-order valence-corrected chi connectivity index (χ1v) is 24.2. The molecule has 36 heteroatoms. The van der Waals surface area contributed by atoms with Crippen LogP contribution in [0.15, 0.2) is 0 Å². The molecule has 0 radical (unpaired) electrons. The molecular formula is C39H67N3O32S. The fraction of sp³-hybridized carbons (Fsp3) is 0.897. The Morgan fingerprint density at radius 3 is 1.80 bits per heavy atom. The number of carboxylic acids is 1. The van der Waals surface area contributed by atoms with E-state index in [1.165, 1.54) is 0 Å². The van der Waals surface area contributed by atoms with Crippen LogP contribution in [-0.4, -0.2) is 311 Å². The lowest BCUT2D eigenvalue weighted by molar-refractivity contribution is -0.375. The molecule has 4 aliphatic rings. The van der Waals surface area contributed by atoms with Gasteiger partial charge in [0, 0.05) is 27.2 Å². The number of aliphatic carboxylic acids is 1. The van der Waals surface area contributed by atoms with Gasteiger partial charge in [-0.15, -0.1) is 0 Å². The summed E-state index contributed by atoms with van der Waals surface area (Å²) in [5.41, 5.74) is 0. The average Bonchev–Trinajstić information content (AvgIpc) is 3.34. The lowest BCUT2D eigenvalue weighted by Crippen LogP contribution is -2.70. The number of aliphatic hydroxyl groups is 15. The van der Waals surface area contributed by atoms with Crippen LogP contribution in [0.4, 0.5) is 0 Å². The van der Waals surface area contributed by atoms with E-state index in [-0.39, 0.29) is 0 Å². The summed E-state index contributed by atoms with van der Waals surface area (Å²) in [5.74, 6) is -8.22. The van der Waals surface area contributed by atoms with Crippen molar-refractivity contribution in [3.8, 4) is 0 Å². The summed E-state index contributed by atoms with van der Waals surface area (Å²) in [6.45, 7) is -4.02. The van der Waals surface area contributed by atoms with Crippen LogP contribution in [0.3, 0.4) is 0 Å². The quantitative estimate of drug-likeness (QED) is 0.0378. The molecule has 4 aliphatic heterocycles. The van der Waals surface area contributed by atoms with E-state index in [1.807, 2.05) is 0 Å². The maximum absolute atomic E-state index is 13.0. The number of rotatable bonds is 25. The normalized spacial score (nSPS) is 39.0. The Hall–Kier alpha value is -3.17. The molecule has 0 bridgehead atoms. The van der Waals surface area contributed by atoms with Crippen LogP contribution >= 0.6 is 0 Å². The maximum atomic E-state index is 13.0. The van der Waals surface area contributed by atoms with Gasteiger partial charge in [0.25, 0.3) is 5.79 Å². The molecule has 436 valence electrons. The predicted octanol–water partition coefficient (Wildman–Crippen LogP) is -12.8. The third-order valence-electron chi connectivity index (χ3n) is 12.3. The minimum atomic E-state index is -5.40. The molecule has 0 aromatic rings. The molecule has 4 fully saturated rings. The molecule has 4 heterocycles. The van der Waals surface area contributed by atoms with E-state index in [2.05, 4.69) is 20.1 Å². The highest BCUT2D eigenvalue weighted by molar-refractivity contribution is 7.80. The van der Waals surface area contributed by atoms with Crippen molar-refractivity contribution in [2.75, 3.05) is 39.6 Å². The van der Waals surface area contributed by atoms with E-state index in [0.717, 1.165) is 20.8 Å². The number of carbonyl (C=O) groups is 4. The van der Waals surface area contributed by atoms with Crippen LogP contribution in [0.1, 0.15) is 27.2 Å². The summed E-state index contributed by atoms with van der Waals surface area (Å²) < 4.78 is 81.7. The summed E-state index contributed by atoms with van der Waals surface area (Å²) in [6.07, 6.45) is -45.9. The third kappa shape index (κ3) is 16.0. The second kappa shape index (κ2) is 27.6. The van der Waals surface area contributed by atoms with Gasteiger partial charge in [0.1, 0.15) is 110 Å². The molecule has 0 saturated carbocycles. The van der Waals surface area contributed by atoms with E-state index >= 15 is 0 Å². The largest absolute Gasteiger partial charge is 0.477 e.